The first kappa shape index (κ1) is 22.8. The van der Waals surface area contributed by atoms with Crippen LogP contribution in [0.3, 0.4) is 0 Å². The highest BCUT2D eigenvalue weighted by atomic mass is 16.2. The summed E-state index contributed by atoms with van der Waals surface area (Å²) >= 11 is 0. The van der Waals surface area contributed by atoms with Gasteiger partial charge < -0.3 is 14.8 Å². The van der Waals surface area contributed by atoms with Gasteiger partial charge >= 0.3 is 0 Å². The molecule has 2 aromatic heterocycles. The number of hydrogen-bond acceptors (Lipinski definition) is 3. The number of nitrogens with zero attached hydrogens (tertiary/aromatic N) is 4. The quantitative estimate of drug-likeness (QED) is 0.527. The normalized spacial score (nSPS) is 12.3. The van der Waals surface area contributed by atoms with E-state index in [0.29, 0.717) is 5.69 Å². The summed E-state index contributed by atoms with van der Waals surface area (Å²) in [5, 5.41) is 7.97. The van der Waals surface area contributed by atoms with Crippen LogP contribution in [-0.2, 0) is 7.05 Å². The molecule has 0 bridgehead atoms. The molecule has 0 fully saturated rings. The van der Waals surface area contributed by atoms with Crippen molar-refractivity contribution in [3.05, 3.63) is 59.9 Å². The van der Waals surface area contributed by atoms with E-state index in [0.717, 1.165) is 55.1 Å². The van der Waals surface area contributed by atoms with E-state index in [1.54, 1.807) is 4.68 Å². The monoisotopic (exact) mass is 421 g/mol. The molecule has 3 aromatic rings. The number of nitrogens with one attached hydrogen (secondary N) is 1. The molecule has 6 heteroatoms. The fourth-order valence-electron chi connectivity index (χ4n) is 3.88. The topological polar surface area (TPSA) is 55.1 Å². The molecule has 31 heavy (non-hydrogen) atoms. The van der Waals surface area contributed by atoms with Gasteiger partial charge in [0, 0.05) is 19.3 Å². The Morgan fingerprint density at radius 3 is 2.58 bits per heavy atom. The van der Waals surface area contributed by atoms with E-state index in [-0.39, 0.29) is 11.9 Å². The summed E-state index contributed by atoms with van der Waals surface area (Å²) in [6.45, 7) is 11.7. The van der Waals surface area contributed by atoms with Gasteiger partial charge in [0.05, 0.1) is 11.4 Å². The van der Waals surface area contributed by atoms with E-state index in [9.17, 15) is 4.79 Å². The number of hydrogen-bond donors (Lipinski definition) is 1. The van der Waals surface area contributed by atoms with Gasteiger partial charge in [0.15, 0.2) is 0 Å². The minimum absolute atomic E-state index is 0.0928. The third kappa shape index (κ3) is 5.64. The van der Waals surface area contributed by atoms with Gasteiger partial charge in [0.25, 0.3) is 5.91 Å². The van der Waals surface area contributed by atoms with Crippen molar-refractivity contribution in [3.8, 4) is 17.1 Å². The molecule has 3 rings (SSSR count). The molecule has 6 nitrogen and oxygen atoms in total. The summed E-state index contributed by atoms with van der Waals surface area (Å²) in [7, 11) is 1.98. The molecule has 0 aliphatic heterocycles. The number of carbonyl (C=O) groups excluding carboxylic acids is 1. The van der Waals surface area contributed by atoms with Gasteiger partial charge in [-0.05, 0) is 82.2 Å². The Labute approximate surface area is 185 Å². The first-order valence-corrected chi connectivity index (χ1v) is 11.2. The highest BCUT2D eigenvalue weighted by molar-refractivity contribution is 5.94. The van der Waals surface area contributed by atoms with Crippen LogP contribution in [0.15, 0.2) is 48.7 Å². The van der Waals surface area contributed by atoms with Crippen molar-refractivity contribution >= 4 is 5.91 Å². The molecule has 166 valence electrons. The molecule has 0 saturated heterocycles. The zero-order valence-electron chi connectivity index (χ0n) is 19.4. The highest BCUT2D eigenvalue weighted by Gasteiger charge is 2.20. The Morgan fingerprint density at radius 2 is 1.94 bits per heavy atom. The Morgan fingerprint density at radius 1 is 1.16 bits per heavy atom. The Bertz CT molecular complexity index is 999. The third-order valence-corrected chi connectivity index (χ3v) is 5.78. The smallest absolute Gasteiger partial charge is 0.270 e. The van der Waals surface area contributed by atoms with E-state index in [1.807, 2.05) is 67.2 Å². The molecule has 1 amide bonds. The molecule has 0 radical (unpaired) electrons. The standard InChI is InChI=1S/C25H35N5O/c1-6-29(7-2)16-9-12-20(4)26-25(31)24-18-22(23-14-10-15-28(23)5)27-30(24)21-13-8-11-19(3)17-21/h8,10-11,13-15,17-18,20H,6-7,9,12,16H2,1-5H3,(H,26,31)/t20-/m1/s1. The van der Waals surface area contributed by atoms with Crippen molar-refractivity contribution in [3.63, 3.8) is 0 Å². The second-order valence-electron chi connectivity index (χ2n) is 8.21. The molecular weight excluding hydrogens is 386 g/mol. The van der Waals surface area contributed by atoms with Gasteiger partial charge in [-0.2, -0.15) is 5.10 Å². The van der Waals surface area contributed by atoms with E-state index < -0.39 is 0 Å². The van der Waals surface area contributed by atoms with Gasteiger partial charge in [-0.15, -0.1) is 0 Å². The average Bonchev–Trinajstić information content (AvgIpc) is 3.37. The van der Waals surface area contributed by atoms with Gasteiger partial charge in [0.1, 0.15) is 11.4 Å². The molecule has 0 aliphatic carbocycles. The van der Waals surface area contributed by atoms with Crippen molar-refractivity contribution < 1.29 is 4.79 Å². The number of carbonyl (C=O) groups is 1. The van der Waals surface area contributed by atoms with Crippen LogP contribution in [0.2, 0.25) is 0 Å². The summed E-state index contributed by atoms with van der Waals surface area (Å²) in [5.74, 6) is -0.0928. The van der Waals surface area contributed by atoms with Crippen LogP contribution < -0.4 is 5.32 Å². The van der Waals surface area contributed by atoms with Crippen LogP contribution in [0.4, 0.5) is 0 Å². The van der Waals surface area contributed by atoms with E-state index >= 15 is 0 Å². The maximum atomic E-state index is 13.2. The third-order valence-electron chi connectivity index (χ3n) is 5.78. The van der Waals surface area contributed by atoms with Crippen LogP contribution >= 0.6 is 0 Å². The Kier molecular flexibility index (Phi) is 7.69. The van der Waals surface area contributed by atoms with Gasteiger partial charge in [-0.3, -0.25) is 4.79 Å². The zero-order chi connectivity index (χ0) is 22.4. The molecule has 2 heterocycles. The first-order valence-electron chi connectivity index (χ1n) is 11.2. The lowest BCUT2D eigenvalue weighted by molar-refractivity contribution is 0.0929. The van der Waals surface area contributed by atoms with E-state index in [1.165, 1.54) is 0 Å². The van der Waals surface area contributed by atoms with Crippen molar-refractivity contribution in [2.45, 2.75) is 46.6 Å². The minimum atomic E-state index is -0.0928. The van der Waals surface area contributed by atoms with Gasteiger partial charge in [0.2, 0.25) is 0 Å². The molecule has 0 unspecified atom stereocenters. The molecular formula is C25H35N5O. The number of amides is 1. The lowest BCUT2D eigenvalue weighted by atomic mass is 10.1. The zero-order valence-corrected chi connectivity index (χ0v) is 19.4. The molecule has 0 aliphatic rings. The molecule has 1 aromatic carbocycles. The van der Waals surface area contributed by atoms with E-state index in [2.05, 4.69) is 31.0 Å². The van der Waals surface area contributed by atoms with Crippen LogP contribution in [0.1, 0.15) is 49.7 Å². The number of aromatic nitrogens is 3. The SMILES string of the molecule is CCN(CC)CCC[C@@H](C)NC(=O)c1cc(-c2cccn2C)nn1-c1cccc(C)c1. The van der Waals surface area contributed by atoms with Crippen LogP contribution in [0, 0.1) is 6.92 Å². The number of aryl methyl sites for hydroxylation is 2. The van der Waals surface area contributed by atoms with Crippen molar-refractivity contribution in [2.75, 3.05) is 19.6 Å². The second kappa shape index (κ2) is 10.4. The largest absolute Gasteiger partial charge is 0.349 e. The highest BCUT2D eigenvalue weighted by Crippen LogP contribution is 2.22. The average molecular weight is 422 g/mol. The summed E-state index contributed by atoms with van der Waals surface area (Å²) in [6.07, 6.45) is 4.00. The fraction of sp³-hybridized carbons (Fsp3) is 0.440. The fourth-order valence-corrected chi connectivity index (χ4v) is 3.88. The van der Waals surface area contributed by atoms with E-state index in [4.69, 9.17) is 5.10 Å². The maximum absolute atomic E-state index is 13.2. The molecule has 0 saturated carbocycles. The summed E-state index contributed by atoms with van der Waals surface area (Å²) < 4.78 is 3.77. The van der Waals surface area contributed by atoms with Crippen molar-refractivity contribution in [1.82, 2.24) is 24.6 Å². The van der Waals surface area contributed by atoms with Gasteiger partial charge in [-0.1, -0.05) is 26.0 Å². The number of rotatable bonds is 10. The Hall–Kier alpha value is -2.86. The van der Waals surface area contributed by atoms with Crippen LogP contribution in [-0.4, -0.2) is 50.8 Å². The summed E-state index contributed by atoms with van der Waals surface area (Å²) in [4.78, 5) is 15.6. The lowest BCUT2D eigenvalue weighted by Crippen LogP contribution is -2.34. The maximum Gasteiger partial charge on any atom is 0.270 e. The lowest BCUT2D eigenvalue weighted by Gasteiger charge is -2.20. The molecule has 0 spiro atoms. The molecule has 1 N–H and O–H groups in total. The van der Waals surface area contributed by atoms with Crippen molar-refractivity contribution in [2.24, 2.45) is 7.05 Å². The van der Waals surface area contributed by atoms with Gasteiger partial charge in [-0.25, -0.2) is 4.68 Å². The molecule has 1 atom stereocenters. The van der Waals surface area contributed by atoms with Crippen LogP contribution in [0.5, 0.6) is 0 Å². The van der Waals surface area contributed by atoms with Crippen LogP contribution in [0.25, 0.3) is 17.1 Å². The summed E-state index contributed by atoms with van der Waals surface area (Å²) in [6, 6.07) is 14.1. The predicted molar refractivity (Wildman–Crippen MR) is 127 cm³/mol. The minimum Gasteiger partial charge on any atom is -0.349 e. The van der Waals surface area contributed by atoms with Crippen molar-refractivity contribution in [1.29, 1.82) is 0 Å². The Balaban J connectivity index is 1.81. The first-order chi connectivity index (χ1) is 14.9. The predicted octanol–water partition coefficient (Wildman–Crippen LogP) is 4.43. The number of benzene rings is 1. The summed E-state index contributed by atoms with van der Waals surface area (Å²) in [5.41, 5.74) is 4.34. The second-order valence-corrected chi connectivity index (χ2v) is 8.21.